The van der Waals surface area contributed by atoms with Crippen LogP contribution in [-0.2, 0) is 15.8 Å². The Hall–Kier alpha value is -3.60. The Morgan fingerprint density at radius 2 is 1.88 bits per heavy atom. The molecule has 11 heteroatoms. The lowest BCUT2D eigenvalue weighted by Crippen LogP contribution is -2.33. The number of nitrogens with one attached hydrogen (secondary N) is 1. The topological polar surface area (TPSA) is 118 Å². The molecule has 1 aliphatic heterocycles. The molecule has 1 saturated heterocycles. The summed E-state index contributed by atoms with van der Waals surface area (Å²) in [5.41, 5.74) is -0.0722. The van der Waals surface area contributed by atoms with Crippen molar-refractivity contribution in [3.8, 4) is 17.4 Å². The molecule has 1 aliphatic rings. The van der Waals surface area contributed by atoms with E-state index in [1.165, 1.54) is 12.1 Å². The summed E-state index contributed by atoms with van der Waals surface area (Å²) in [5, 5.41) is 18.9. The van der Waals surface area contributed by atoms with E-state index in [1.54, 1.807) is 19.1 Å². The summed E-state index contributed by atoms with van der Waals surface area (Å²) < 4.78 is 50.1. The molecule has 0 bridgehead atoms. The molecule has 8 nitrogen and oxygen atoms in total. The van der Waals surface area contributed by atoms with Gasteiger partial charge in [0.15, 0.2) is 5.75 Å². The molecule has 1 atom stereocenters. The minimum atomic E-state index is -4.42. The fourth-order valence-corrected chi connectivity index (χ4v) is 2.97. The van der Waals surface area contributed by atoms with Crippen molar-refractivity contribution < 1.29 is 42.4 Å². The third-order valence-electron chi connectivity index (χ3n) is 4.58. The highest BCUT2D eigenvalue weighted by Crippen LogP contribution is 2.35. The number of aliphatic carboxylic acids is 2. The first kappa shape index (κ1) is 26.7. The molecule has 1 aromatic carbocycles. The standard InChI is InChI=1S/C19H21F3N2O2.C4H4O4/c1-13-7-8-17(25-12-14-4-3-9-23-11-14)18(24-13)26-16-6-2-5-15(10-16)19(20,21)22;5-3(6)1-2-4(7)8/h2,5-8,10,14,23H,3-4,9,11-12H2,1H3;1-2H,(H,5,6)(H,7,8)/t14-;/m0./s1. The highest BCUT2D eigenvalue weighted by molar-refractivity contribution is 5.89. The summed E-state index contributed by atoms with van der Waals surface area (Å²) in [6.45, 7) is 4.21. The zero-order valence-corrected chi connectivity index (χ0v) is 18.3. The molecular weight excluding hydrogens is 457 g/mol. The van der Waals surface area contributed by atoms with E-state index in [-0.39, 0.29) is 11.6 Å². The van der Waals surface area contributed by atoms with E-state index in [4.69, 9.17) is 19.7 Å². The second-order valence-electron chi connectivity index (χ2n) is 7.42. The van der Waals surface area contributed by atoms with Crippen LogP contribution in [0.3, 0.4) is 0 Å². The minimum Gasteiger partial charge on any atom is -0.488 e. The van der Waals surface area contributed by atoms with E-state index < -0.39 is 23.7 Å². The van der Waals surface area contributed by atoms with Crippen molar-refractivity contribution in [1.82, 2.24) is 10.3 Å². The number of carbonyl (C=O) groups is 2. The summed E-state index contributed by atoms with van der Waals surface area (Å²) in [4.78, 5) is 23.4. The van der Waals surface area contributed by atoms with Gasteiger partial charge in [-0.3, -0.25) is 0 Å². The highest BCUT2D eigenvalue weighted by atomic mass is 19.4. The van der Waals surface area contributed by atoms with Gasteiger partial charge in [0, 0.05) is 30.3 Å². The Kier molecular flexibility index (Phi) is 9.87. The largest absolute Gasteiger partial charge is 0.488 e. The lowest BCUT2D eigenvalue weighted by Gasteiger charge is -2.23. The highest BCUT2D eigenvalue weighted by Gasteiger charge is 2.30. The number of carboxylic acid groups (broad SMARTS) is 2. The molecule has 3 N–H and O–H groups in total. The molecule has 1 aromatic heterocycles. The quantitative estimate of drug-likeness (QED) is 0.501. The molecule has 2 heterocycles. The van der Waals surface area contributed by atoms with Crippen LogP contribution >= 0.6 is 0 Å². The average molecular weight is 482 g/mol. The molecule has 0 radical (unpaired) electrons. The van der Waals surface area contributed by atoms with Crippen LogP contribution in [0.4, 0.5) is 13.2 Å². The number of aromatic nitrogens is 1. The van der Waals surface area contributed by atoms with Gasteiger partial charge in [-0.2, -0.15) is 13.2 Å². The minimum absolute atomic E-state index is 0.0714. The van der Waals surface area contributed by atoms with E-state index >= 15 is 0 Å². The number of alkyl halides is 3. The molecule has 1 fully saturated rings. The van der Waals surface area contributed by atoms with Crippen LogP contribution in [0.25, 0.3) is 0 Å². The molecule has 0 spiro atoms. The van der Waals surface area contributed by atoms with Crippen molar-refractivity contribution in [3.05, 3.63) is 59.8 Å². The summed E-state index contributed by atoms with van der Waals surface area (Å²) in [6.07, 6.45) is -1.12. The van der Waals surface area contributed by atoms with Gasteiger partial charge in [0.25, 0.3) is 5.88 Å². The third kappa shape index (κ3) is 9.49. The van der Waals surface area contributed by atoms with Crippen LogP contribution in [0.5, 0.6) is 17.4 Å². The van der Waals surface area contributed by atoms with Crippen LogP contribution in [-0.4, -0.2) is 46.8 Å². The summed E-state index contributed by atoms with van der Waals surface area (Å²) in [5.74, 6) is -1.44. The molecule has 0 unspecified atom stereocenters. The second-order valence-corrected chi connectivity index (χ2v) is 7.42. The molecule has 184 valence electrons. The maximum absolute atomic E-state index is 12.9. The fraction of sp³-hybridized carbons (Fsp3) is 0.348. The second kappa shape index (κ2) is 12.6. The fourth-order valence-electron chi connectivity index (χ4n) is 2.97. The molecule has 34 heavy (non-hydrogen) atoms. The van der Waals surface area contributed by atoms with Crippen LogP contribution in [0.2, 0.25) is 0 Å². The van der Waals surface area contributed by atoms with Gasteiger partial charge >= 0.3 is 18.1 Å². The maximum atomic E-state index is 12.9. The van der Waals surface area contributed by atoms with Gasteiger partial charge in [-0.1, -0.05) is 6.07 Å². The number of aryl methyl sites for hydroxylation is 1. The molecule has 0 aliphatic carbocycles. The number of ether oxygens (including phenoxy) is 2. The number of rotatable bonds is 7. The van der Waals surface area contributed by atoms with Gasteiger partial charge in [-0.25, -0.2) is 14.6 Å². The number of hydrogen-bond donors (Lipinski definition) is 3. The summed E-state index contributed by atoms with van der Waals surface area (Å²) >= 11 is 0. The first-order valence-electron chi connectivity index (χ1n) is 10.3. The van der Waals surface area contributed by atoms with Crippen molar-refractivity contribution in [2.45, 2.75) is 25.9 Å². The number of halogens is 3. The van der Waals surface area contributed by atoms with Gasteiger partial charge in [0.1, 0.15) is 5.75 Å². The SMILES string of the molecule is Cc1ccc(OC[C@H]2CCCNC2)c(Oc2cccc(C(F)(F)F)c2)n1.O=C(O)C=CC(=O)O. The van der Waals surface area contributed by atoms with Crippen molar-refractivity contribution in [1.29, 1.82) is 0 Å². The van der Waals surface area contributed by atoms with Gasteiger partial charge in [0.05, 0.1) is 12.2 Å². The van der Waals surface area contributed by atoms with E-state index in [1.807, 2.05) is 0 Å². The number of benzene rings is 1. The Labute approximate surface area is 194 Å². The zero-order chi connectivity index (χ0) is 25.1. The van der Waals surface area contributed by atoms with Crippen molar-refractivity contribution in [2.75, 3.05) is 19.7 Å². The van der Waals surface area contributed by atoms with Crippen LogP contribution in [0, 0.1) is 12.8 Å². The number of hydrogen-bond acceptors (Lipinski definition) is 6. The monoisotopic (exact) mass is 482 g/mol. The lowest BCUT2D eigenvalue weighted by atomic mass is 10.0. The number of carboxylic acids is 2. The smallest absolute Gasteiger partial charge is 0.416 e. The van der Waals surface area contributed by atoms with Crippen LogP contribution < -0.4 is 14.8 Å². The predicted octanol–water partition coefficient (Wildman–Crippen LogP) is 4.29. The predicted molar refractivity (Wildman–Crippen MR) is 116 cm³/mol. The van der Waals surface area contributed by atoms with Gasteiger partial charge in [0.2, 0.25) is 0 Å². The third-order valence-corrected chi connectivity index (χ3v) is 4.58. The van der Waals surface area contributed by atoms with Gasteiger partial charge in [-0.15, -0.1) is 0 Å². The summed E-state index contributed by atoms with van der Waals surface area (Å²) in [6, 6.07) is 8.26. The Balaban J connectivity index is 0.000000440. The first-order valence-corrected chi connectivity index (χ1v) is 10.3. The normalized spacial score (nSPS) is 15.8. The first-order chi connectivity index (χ1) is 16.0. The Morgan fingerprint density at radius 3 is 2.47 bits per heavy atom. The summed E-state index contributed by atoms with van der Waals surface area (Å²) in [7, 11) is 0. The zero-order valence-electron chi connectivity index (χ0n) is 18.3. The average Bonchev–Trinajstić information content (AvgIpc) is 2.78. The number of pyridine rings is 1. The van der Waals surface area contributed by atoms with E-state index in [0.29, 0.717) is 36.1 Å². The van der Waals surface area contributed by atoms with Crippen molar-refractivity contribution in [3.63, 3.8) is 0 Å². The maximum Gasteiger partial charge on any atom is 0.416 e. The van der Waals surface area contributed by atoms with Gasteiger partial charge < -0.3 is 25.0 Å². The van der Waals surface area contributed by atoms with Crippen LogP contribution in [0.1, 0.15) is 24.1 Å². The molecular formula is C23H25F3N2O6. The molecule has 0 saturated carbocycles. The van der Waals surface area contributed by atoms with E-state index in [2.05, 4.69) is 10.3 Å². The van der Waals surface area contributed by atoms with Crippen molar-refractivity contribution in [2.24, 2.45) is 5.92 Å². The molecule has 0 amide bonds. The van der Waals surface area contributed by atoms with Gasteiger partial charge in [-0.05, 0) is 56.6 Å². The molecule has 2 aromatic rings. The molecule has 3 rings (SSSR count). The Bertz CT molecular complexity index is 988. The Morgan fingerprint density at radius 1 is 1.18 bits per heavy atom. The van der Waals surface area contributed by atoms with E-state index in [9.17, 15) is 22.8 Å². The van der Waals surface area contributed by atoms with E-state index in [0.717, 1.165) is 38.1 Å². The number of nitrogens with zero attached hydrogens (tertiary/aromatic N) is 1. The van der Waals surface area contributed by atoms with Crippen LogP contribution in [0.15, 0.2) is 48.6 Å². The van der Waals surface area contributed by atoms with Crippen molar-refractivity contribution >= 4 is 11.9 Å². The lowest BCUT2D eigenvalue weighted by molar-refractivity contribution is -0.137. The number of piperidine rings is 1.